The lowest BCUT2D eigenvalue weighted by molar-refractivity contribution is -0.0589. The fourth-order valence-corrected chi connectivity index (χ4v) is 3.69. The number of hydrogen-bond donors (Lipinski definition) is 1. The molecule has 3 nitrogen and oxygen atoms in total. The zero-order chi connectivity index (χ0) is 14.1. The summed E-state index contributed by atoms with van der Waals surface area (Å²) in [5.74, 6) is 0. The third-order valence-electron chi connectivity index (χ3n) is 4.65. The van der Waals surface area contributed by atoms with Crippen LogP contribution in [0.25, 0.3) is 0 Å². The number of aryl methyl sites for hydroxylation is 2. The topological polar surface area (TPSA) is 38.5 Å². The number of fused-ring (bicyclic) bond motifs is 1. The molecule has 3 unspecified atom stereocenters. The van der Waals surface area contributed by atoms with E-state index in [0.717, 1.165) is 19.6 Å². The van der Waals surface area contributed by atoms with Crippen molar-refractivity contribution in [1.82, 2.24) is 4.90 Å². The molecule has 0 saturated carbocycles. The summed E-state index contributed by atoms with van der Waals surface area (Å²) in [4.78, 5) is 2.57. The summed E-state index contributed by atoms with van der Waals surface area (Å²) in [6.07, 6.45) is 3.70. The van der Waals surface area contributed by atoms with Crippen LogP contribution in [-0.2, 0) is 11.2 Å². The number of nitrogens with zero attached hydrogens (tertiary/aromatic N) is 1. The van der Waals surface area contributed by atoms with Crippen LogP contribution >= 0.6 is 0 Å². The number of benzene rings is 1. The monoisotopic (exact) mass is 274 g/mol. The minimum atomic E-state index is 0.0951. The highest BCUT2D eigenvalue weighted by Gasteiger charge is 2.34. The molecule has 2 fully saturated rings. The molecule has 2 aliphatic heterocycles. The maximum Gasteiger partial charge on any atom is 0.0856 e. The highest BCUT2D eigenvalue weighted by molar-refractivity contribution is 5.29. The first-order valence-corrected chi connectivity index (χ1v) is 7.80. The molecule has 2 saturated heterocycles. The molecular weight excluding hydrogens is 248 g/mol. The Hall–Kier alpha value is -0.900. The van der Waals surface area contributed by atoms with E-state index in [-0.39, 0.29) is 12.1 Å². The van der Waals surface area contributed by atoms with E-state index in [4.69, 9.17) is 10.5 Å². The number of ether oxygens (including phenoxy) is 1. The van der Waals surface area contributed by atoms with Crippen LogP contribution in [0, 0.1) is 13.8 Å². The molecule has 3 rings (SSSR count). The van der Waals surface area contributed by atoms with Crippen molar-refractivity contribution in [2.24, 2.45) is 5.73 Å². The Bertz CT molecular complexity index is 454. The van der Waals surface area contributed by atoms with E-state index in [1.807, 2.05) is 0 Å². The van der Waals surface area contributed by atoms with E-state index in [1.165, 1.54) is 36.1 Å². The predicted molar refractivity (Wildman–Crippen MR) is 81.9 cm³/mol. The minimum Gasteiger partial charge on any atom is -0.374 e. The van der Waals surface area contributed by atoms with Crippen LogP contribution in [0.4, 0.5) is 0 Å². The summed E-state index contributed by atoms with van der Waals surface area (Å²) in [5, 5.41) is 0. The zero-order valence-corrected chi connectivity index (χ0v) is 12.6. The smallest absolute Gasteiger partial charge is 0.0856 e. The van der Waals surface area contributed by atoms with Gasteiger partial charge in [0.1, 0.15) is 0 Å². The van der Waals surface area contributed by atoms with Crippen molar-refractivity contribution < 1.29 is 4.74 Å². The average Bonchev–Trinajstić information content (AvgIpc) is 2.84. The third kappa shape index (κ3) is 3.05. The lowest BCUT2D eigenvalue weighted by Gasteiger charge is -2.37. The van der Waals surface area contributed by atoms with Crippen LogP contribution in [-0.4, -0.2) is 42.8 Å². The molecule has 1 aromatic rings. The van der Waals surface area contributed by atoms with Crippen LogP contribution in [0.1, 0.15) is 29.5 Å². The molecule has 0 radical (unpaired) electrons. The van der Waals surface area contributed by atoms with E-state index in [0.29, 0.717) is 6.04 Å². The van der Waals surface area contributed by atoms with E-state index in [1.54, 1.807) is 0 Å². The summed E-state index contributed by atoms with van der Waals surface area (Å²) < 4.78 is 6.02. The largest absolute Gasteiger partial charge is 0.374 e. The Morgan fingerprint density at radius 2 is 2.05 bits per heavy atom. The number of rotatable bonds is 3. The summed E-state index contributed by atoms with van der Waals surface area (Å²) in [6, 6.07) is 7.45. The van der Waals surface area contributed by atoms with E-state index in [9.17, 15) is 0 Å². The van der Waals surface area contributed by atoms with Gasteiger partial charge in [-0.15, -0.1) is 0 Å². The number of nitrogens with two attached hydrogens (primary N) is 1. The highest BCUT2D eigenvalue weighted by atomic mass is 16.5. The molecule has 20 heavy (non-hydrogen) atoms. The maximum atomic E-state index is 6.41. The van der Waals surface area contributed by atoms with E-state index >= 15 is 0 Å². The van der Waals surface area contributed by atoms with Crippen molar-refractivity contribution in [2.75, 3.05) is 19.7 Å². The molecule has 2 heterocycles. The van der Waals surface area contributed by atoms with Gasteiger partial charge in [-0.05, 0) is 45.2 Å². The molecular formula is C17H26N2O. The van der Waals surface area contributed by atoms with Crippen LogP contribution < -0.4 is 5.73 Å². The summed E-state index contributed by atoms with van der Waals surface area (Å²) in [5.41, 5.74) is 10.4. The quantitative estimate of drug-likeness (QED) is 0.916. The molecule has 0 aromatic heterocycles. The van der Waals surface area contributed by atoms with Gasteiger partial charge in [-0.25, -0.2) is 0 Å². The van der Waals surface area contributed by atoms with Crippen molar-refractivity contribution >= 4 is 0 Å². The molecule has 3 heteroatoms. The summed E-state index contributed by atoms with van der Waals surface area (Å²) >= 11 is 0. The lowest BCUT2D eigenvalue weighted by atomic mass is 9.97. The fraction of sp³-hybridized carbons (Fsp3) is 0.647. The van der Waals surface area contributed by atoms with Gasteiger partial charge in [-0.1, -0.05) is 29.3 Å². The maximum absolute atomic E-state index is 6.41. The first-order chi connectivity index (χ1) is 9.61. The van der Waals surface area contributed by atoms with Gasteiger partial charge in [-0.3, -0.25) is 4.90 Å². The van der Waals surface area contributed by atoms with Crippen molar-refractivity contribution in [2.45, 2.75) is 51.3 Å². The van der Waals surface area contributed by atoms with Crippen molar-refractivity contribution in [1.29, 1.82) is 0 Å². The second-order valence-electron chi connectivity index (χ2n) is 6.53. The molecule has 2 N–H and O–H groups in total. The zero-order valence-electron chi connectivity index (χ0n) is 12.6. The van der Waals surface area contributed by atoms with Gasteiger partial charge in [0.05, 0.1) is 12.7 Å². The SMILES string of the molecule is Cc1cc(C)cc(CC(N)C2CN3CCCC3CO2)c1. The summed E-state index contributed by atoms with van der Waals surface area (Å²) in [7, 11) is 0. The van der Waals surface area contributed by atoms with Gasteiger partial charge in [-0.2, -0.15) is 0 Å². The Morgan fingerprint density at radius 3 is 2.80 bits per heavy atom. The fourth-order valence-electron chi connectivity index (χ4n) is 3.69. The first-order valence-electron chi connectivity index (χ1n) is 7.80. The number of hydrogen-bond acceptors (Lipinski definition) is 3. The van der Waals surface area contributed by atoms with Crippen LogP contribution in [0.5, 0.6) is 0 Å². The highest BCUT2D eigenvalue weighted by Crippen LogP contribution is 2.24. The lowest BCUT2D eigenvalue weighted by Crippen LogP contribution is -2.53. The van der Waals surface area contributed by atoms with Gasteiger partial charge in [0, 0.05) is 18.6 Å². The average molecular weight is 274 g/mol. The Morgan fingerprint density at radius 1 is 1.30 bits per heavy atom. The summed E-state index contributed by atoms with van der Waals surface area (Å²) in [6.45, 7) is 7.39. The molecule has 110 valence electrons. The van der Waals surface area contributed by atoms with Gasteiger partial charge in [0.25, 0.3) is 0 Å². The first kappa shape index (κ1) is 14.1. The third-order valence-corrected chi connectivity index (χ3v) is 4.65. The van der Waals surface area contributed by atoms with Gasteiger partial charge in [0.2, 0.25) is 0 Å². The minimum absolute atomic E-state index is 0.0951. The molecule has 0 amide bonds. The number of morpholine rings is 1. The van der Waals surface area contributed by atoms with Crippen LogP contribution in [0.2, 0.25) is 0 Å². The van der Waals surface area contributed by atoms with Gasteiger partial charge in [0.15, 0.2) is 0 Å². The molecule has 3 atom stereocenters. The van der Waals surface area contributed by atoms with Gasteiger partial charge >= 0.3 is 0 Å². The van der Waals surface area contributed by atoms with E-state index < -0.39 is 0 Å². The normalized spacial score (nSPS) is 28.4. The molecule has 1 aromatic carbocycles. The van der Waals surface area contributed by atoms with Crippen molar-refractivity contribution in [3.8, 4) is 0 Å². The Balaban J connectivity index is 1.62. The molecule has 0 spiro atoms. The van der Waals surface area contributed by atoms with Crippen molar-refractivity contribution in [3.05, 3.63) is 34.9 Å². The van der Waals surface area contributed by atoms with E-state index in [2.05, 4.69) is 36.9 Å². The second-order valence-corrected chi connectivity index (χ2v) is 6.53. The van der Waals surface area contributed by atoms with Crippen molar-refractivity contribution in [3.63, 3.8) is 0 Å². The molecule has 0 bridgehead atoms. The van der Waals surface area contributed by atoms with Crippen LogP contribution in [0.3, 0.4) is 0 Å². The second kappa shape index (κ2) is 5.84. The predicted octanol–water partition coefficient (Wildman–Crippen LogP) is 2.04. The Kier molecular flexibility index (Phi) is 4.11. The molecule has 2 aliphatic rings. The Labute approximate surface area is 122 Å². The standard InChI is InChI=1S/C17H26N2O/c1-12-6-13(2)8-14(7-12)9-16(18)17-10-19-5-3-4-15(19)11-20-17/h6-8,15-17H,3-5,9-11,18H2,1-2H3. The molecule has 0 aliphatic carbocycles. The van der Waals surface area contributed by atoms with Crippen LogP contribution in [0.15, 0.2) is 18.2 Å². The van der Waals surface area contributed by atoms with Gasteiger partial charge < -0.3 is 10.5 Å².